The van der Waals surface area contributed by atoms with E-state index in [4.69, 9.17) is 0 Å². The predicted molar refractivity (Wildman–Crippen MR) is 88.6 cm³/mol. The fourth-order valence-corrected chi connectivity index (χ4v) is 2.95. The second kappa shape index (κ2) is 4.49. The fourth-order valence-electron chi connectivity index (χ4n) is 2.95. The molecule has 0 unspecified atom stereocenters. The minimum absolute atomic E-state index is 0.197. The van der Waals surface area contributed by atoms with Gasteiger partial charge >= 0.3 is 0 Å². The quantitative estimate of drug-likeness (QED) is 0.292. The van der Waals surface area contributed by atoms with Gasteiger partial charge in [0.25, 0.3) is 5.91 Å². The van der Waals surface area contributed by atoms with Crippen molar-refractivity contribution in [1.82, 2.24) is 0 Å². The number of para-hydroxylation sites is 1. The number of rotatable bonds is 0. The molecule has 0 aliphatic carbocycles. The number of hydrogen-bond donors (Lipinski definition) is 3. The van der Waals surface area contributed by atoms with Crippen molar-refractivity contribution in [2.24, 2.45) is 5.16 Å². The van der Waals surface area contributed by atoms with Crippen molar-refractivity contribution in [1.29, 1.82) is 0 Å². The van der Waals surface area contributed by atoms with Gasteiger partial charge in [-0.3, -0.25) is 4.79 Å². The molecule has 5 nitrogen and oxygen atoms in total. The van der Waals surface area contributed by atoms with E-state index in [0.29, 0.717) is 17.0 Å². The topological polar surface area (TPSA) is 73.7 Å². The van der Waals surface area contributed by atoms with Gasteiger partial charge in [-0.25, -0.2) is 0 Å². The number of allylic oxidation sites excluding steroid dienone is 1. The maximum Gasteiger partial charge on any atom is 0.258 e. The Balaban J connectivity index is 1.96. The summed E-state index contributed by atoms with van der Waals surface area (Å²) in [4.78, 5) is 12.4. The third-order valence-corrected chi connectivity index (χ3v) is 3.95. The number of hydrogen-bond acceptors (Lipinski definition) is 4. The monoisotopic (exact) mass is 289 g/mol. The van der Waals surface area contributed by atoms with E-state index >= 15 is 0 Å². The summed E-state index contributed by atoms with van der Waals surface area (Å²) in [5.74, 6) is -0.197. The number of nitrogens with zero attached hydrogens (tertiary/aromatic N) is 1. The van der Waals surface area contributed by atoms with Crippen molar-refractivity contribution in [3.63, 3.8) is 0 Å². The van der Waals surface area contributed by atoms with Crippen LogP contribution in [0.2, 0.25) is 0 Å². The van der Waals surface area contributed by atoms with Gasteiger partial charge in [0, 0.05) is 22.5 Å². The zero-order valence-electron chi connectivity index (χ0n) is 11.8. The molecule has 2 aromatic carbocycles. The first kappa shape index (κ1) is 12.7. The zero-order valence-corrected chi connectivity index (χ0v) is 11.8. The lowest BCUT2D eigenvalue weighted by atomic mass is 9.92. The second-order valence-corrected chi connectivity index (χ2v) is 5.37. The van der Waals surface area contributed by atoms with Crippen LogP contribution in [0, 0.1) is 0 Å². The van der Waals surface area contributed by atoms with Crippen LogP contribution in [0.1, 0.15) is 11.1 Å². The van der Waals surface area contributed by atoms with E-state index in [2.05, 4.69) is 15.8 Å². The van der Waals surface area contributed by atoms with Crippen molar-refractivity contribution in [2.75, 3.05) is 10.6 Å². The highest BCUT2D eigenvalue weighted by Gasteiger charge is 2.33. The first-order valence-electron chi connectivity index (χ1n) is 6.94. The van der Waals surface area contributed by atoms with Gasteiger partial charge in [-0.1, -0.05) is 41.0 Å². The maximum absolute atomic E-state index is 12.4. The molecule has 106 valence electrons. The van der Waals surface area contributed by atoms with Gasteiger partial charge in [-0.2, -0.15) is 0 Å². The lowest BCUT2D eigenvalue weighted by molar-refractivity contribution is -0.110. The van der Waals surface area contributed by atoms with Crippen molar-refractivity contribution in [3.05, 3.63) is 59.3 Å². The molecule has 4 rings (SSSR count). The Morgan fingerprint density at radius 1 is 1.00 bits per heavy atom. The van der Waals surface area contributed by atoms with E-state index in [1.165, 1.54) is 0 Å². The van der Waals surface area contributed by atoms with Crippen LogP contribution in [0.15, 0.2) is 53.3 Å². The van der Waals surface area contributed by atoms with Crippen LogP contribution in [-0.2, 0) is 4.79 Å². The highest BCUT2D eigenvalue weighted by Crippen LogP contribution is 2.38. The molecule has 1 amide bonds. The molecule has 22 heavy (non-hydrogen) atoms. The second-order valence-electron chi connectivity index (χ2n) is 5.37. The normalized spacial score (nSPS) is 20.5. The van der Waals surface area contributed by atoms with Crippen LogP contribution in [0.5, 0.6) is 0 Å². The molecule has 0 radical (unpaired) electrons. The molecule has 2 heterocycles. The summed E-state index contributed by atoms with van der Waals surface area (Å²) >= 11 is 0. The molecule has 2 aliphatic rings. The van der Waals surface area contributed by atoms with Crippen molar-refractivity contribution in [2.45, 2.75) is 0 Å². The Bertz CT molecular complexity index is 887. The highest BCUT2D eigenvalue weighted by molar-refractivity contribution is 6.40. The molecule has 2 aromatic rings. The summed E-state index contributed by atoms with van der Waals surface area (Å²) < 4.78 is 0. The molecule has 2 aliphatic heterocycles. The van der Waals surface area contributed by atoms with Crippen LogP contribution < -0.4 is 16.1 Å². The number of nitrogens with one attached hydrogen (secondary N) is 2. The van der Waals surface area contributed by atoms with E-state index in [9.17, 15) is 10.0 Å². The third kappa shape index (κ3) is 1.67. The van der Waals surface area contributed by atoms with Crippen molar-refractivity contribution >= 4 is 41.9 Å². The molecule has 0 saturated heterocycles. The van der Waals surface area contributed by atoms with Gasteiger partial charge in [-0.05, 0) is 12.1 Å². The Labute approximate surface area is 127 Å². The fraction of sp³-hybridized carbons (Fsp3) is 0. The largest absolute Gasteiger partial charge is 0.410 e. The number of carbonyl (C=O) groups excluding carboxylic acids is 1. The van der Waals surface area contributed by atoms with Gasteiger partial charge in [0.2, 0.25) is 0 Å². The van der Waals surface area contributed by atoms with Gasteiger partial charge in [0.15, 0.2) is 0 Å². The molecule has 6 heteroatoms. The summed E-state index contributed by atoms with van der Waals surface area (Å²) in [6.07, 6.45) is 0. The standard InChI is InChI=1S/C16H12BN3O2/c17-8-5-6-9-12(7-8)19-16(21)13(9)15-14(20-22)10-3-1-2-4-11(10)18-15/h1-7,18,22H,17H2,(H,19,21)/b15-13-,20-14+. The minimum atomic E-state index is -0.197. The summed E-state index contributed by atoms with van der Waals surface area (Å²) in [6.45, 7) is 0. The number of amides is 1. The van der Waals surface area contributed by atoms with E-state index in [1.54, 1.807) is 0 Å². The first-order chi connectivity index (χ1) is 10.7. The van der Waals surface area contributed by atoms with Gasteiger partial charge in [0.05, 0.1) is 11.3 Å². The van der Waals surface area contributed by atoms with Gasteiger partial charge in [-0.15, -0.1) is 0 Å². The van der Waals surface area contributed by atoms with Crippen molar-refractivity contribution in [3.8, 4) is 0 Å². The third-order valence-electron chi connectivity index (χ3n) is 3.95. The average molecular weight is 289 g/mol. The predicted octanol–water partition coefficient (Wildman–Crippen LogP) is 0.912. The number of carbonyl (C=O) groups is 1. The molecular formula is C16H12BN3O2. The van der Waals surface area contributed by atoms with E-state index in [1.807, 2.05) is 50.3 Å². The molecular weight excluding hydrogens is 277 g/mol. The van der Waals surface area contributed by atoms with Crippen LogP contribution in [0.4, 0.5) is 11.4 Å². The van der Waals surface area contributed by atoms with Crippen LogP contribution in [0.25, 0.3) is 5.57 Å². The summed E-state index contributed by atoms with van der Waals surface area (Å²) in [5, 5.41) is 18.9. The molecule has 0 saturated carbocycles. The van der Waals surface area contributed by atoms with Gasteiger partial charge < -0.3 is 15.8 Å². The SMILES string of the molecule is Bc1ccc2c(c1)NC(=O)/C2=C1\Nc2ccccc2\C1=N/O. The van der Waals surface area contributed by atoms with Crippen LogP contribution >= 0.6 is 0 Å². The van der Waals surface area contributed by atoms with Crippen LogP contribution in [0.3, 0.4) is 0 Å². The Morgan fingerprint density at radius 2 is 1.82 bits per heavy atom. The molecule has 0 fully saturated rings. The number of fused-ring (bicyclic) bond motifs is 2. The Hall–Kier alpha value is -3.02. The van der Waals surface area contributed by atoms with E-state index in [-0.39, 0.29) is 5.91 Å². The first-order valence-corrected chi connectivity index (χ1v) is 6.94. The molecule has 3 N–H and O–H groups in total. The minimum Gasteiger partial charge on any atom is -0.410 e. The zero-order chi connectivity index (χ0) is 15.3. The van der Waals surface area contributed by atoms with Crippen LogP contribution in [-0.4, -0.2) is 24.7 Å². The number of anilines is 2. The molecule has 0 aromatic heterocycles. The van der Waals surface area contributed by atoms with Gasteiger partial charge in [0.1, 0.15) is 13.6 Å². The number of oxime groups is 1. The summed E-state index contributed by atoms with van der Waals surface area (Å²) in [7, 11) is 1.97. The summed E-state index contributed by atoms with van der Waals surface area (Å²) in [6, 6.07) is 13.3. The molecule has 0 spiro atoms. The molecule has 0 atom stereocenters. The van der Waals surface area contributed by atoms with Crippen molar-refractivity contribution < 1.29 is 10.0 Å². The Kier molecular flexibility index (Phi) is 2.59. The lowest BCUT2D eigenvalue weighted by Gasteiger charge is -2.05. The Morgan fingerprint density at radius 3 is 2.64 bits per heavy atom. The highest BCUT2D eigenvalue weighted by atomic mass is 16.4. The van der Waals surface area contributed by atoms with E-state index < -0.39 is 0 Å². The molecule has 0 bridgehead atoms. The van der Waals surface area contributed by atoms with E-state index in [0.717, 1.165) is 28.0 Å². The lowest BCUT2D eigenvalue weighted by Crippen LogP contribution is -2.12. The maximum atomic E-state index is 12.4. The average Bonchev–Trinajstić information content (AvgIpc) is 3.02. The smallest absolute Gasteiger partial charge is 0.258 e. The summed E-state index contributed by atoms with van der Waals surface area (Å²) in [5.41, 5.74) is 5.68. The number of benzene rings is 2.